The number of anilines is 1. The molecule has 98 valence electrons. The fourth-order valence-corrected chi connectivity index (χ4v) is 1.71. The van der Waals surface area contributed by atoms with Crippen molar-refractivity contribution in [1.82, 2.24) is 9.97 Å². The van der Waals surface area contributed by atoms with Crippen molar-refractivity contribution in [2.45, 2.75) is 13.5 Å². The molecule has 0 spiro atoms. The van der Waals surface area contributed by atoms with Crippen LogP contribution in [0.5, 0.6) is 0 Å². The molecular weight excluding hydrogens is 240 g/mol. The normalized spacial score (nSPS) is 10.2. The van der Waals surface area contributed by atoms with Gasteiger partial charge in [0.15, 0.2) is 0 Å². The van der Waals surface area contributed by atoms with Crippen LogP contribution in [0, 0.1) is 6.92 Å². The fraction of sp³-hybridized carbons (Fsp3) is 0.214. The first-order chi connectivity index (χ1) is 9.06. The Balaban J connectivity index is 2.15. The molecule has 0 aliphatic heterocycles. The highest BCUT2D eigenvalue weighted by molar-refractivity contribution is 5.90. The van der Waals surface area contributed by atoms with Gasteiger partial charge in [0.25, 0.3) is 5.91 Å². The third kappa shape index (κ3) is 3.28. The Morgan fingerprint density at radius 1 is 1.26 bits per heavy atom. The second-order valence-electron chi connectivity index (χ2n) is 4.47. The number of aromatic nitrogens is 2. The van der Waals surface area contributed by atoms with E-state index in [-0.39, 0.29) is 5.69 Å². The summed E-state index contributed by atoms with van der Waals surface area (Å²) in [5.41, 5.74) is 7.76. The Morgan fingerprint density at radius 3 is 2.58 bits per heavy atom. The van der Waals surface area contributed by atoms with Crippen LogP contribution in [0.4, 0.5) is 5.82 Å². The molecule has 0 bridgehead atoms. The Labute approximate surface area is 112 Å². The van der Waals surface area contributed by atoms with Gasteiger partial charge in [-0.25, -0.2) is 4.98 Å². The lowest BCUT2D eigenvalue weighted by atomic mass is 10.1. The van der Waals surface area contributed by atoms with Crippen LogP contribution >= 0.6 is 0 Å². The highest BCUT2D eigenvalue weighted by Gasteiger charge is 2.08. The molecule has 0 unspecified atom stereocenters. The summed E-state index contributed by atoms with van der Waals surface area (Å²) in [4.78, 5) is 21.1. The van der Waals surface area contributed by atoms with Gasteiger partial charge in [0.2, 0.25) is 0 Å². The van der Waals surface area contributed by atoms with Gasteiger partial charge in [-0.05, 0) is 12.5 Å². The van der Waals surface area contributed by atoms with Crippen molar-refractivity contribution in [3.8, 4) is 0 Å². The number of rotatable bonds is 4. The standard InChI is InChI=1S/C14H16N4O/c1-10-3-5-11(6-4-10)9-18(2)13-8-16-7-12(17-13)14(15)19/h3-8H,9H2,1-2H3,(H2,15,19). The number of benzene rings is 1. The zero-order chi connectivity index (χ0) is 13.8. The van der Waals surface area contributed by atoms with E-state index in [0.29, 0.717) is 12.4 Å². The van der Waals surface area contributed by atoms with Crippen LogP contribution in [0.2, 0.25) is 0 Å². The van der Waals surface area contributed by atoms with Crippen molar-refractivity contribution in [1.29, 1.82) is 0 Å². The van der Waals surface area contributed by atoms with E-state index >= 15 is 0 Å². The minimum absolute atomic E-state index is 0.174. The molecular formula is C14H16N4O. The average Bonchev–Trinajstić information content (AvgIpc) is 2.41. The lowest BCUT2D eigenvalue weighted by molar-refractivity contribution is 0.0995. The number of amides is 1. The lowest BCUT2D eigenvalue weighted by Gasteiger charge is -2.18. The number of primary amides is 1. The van der Waals surface area contributed by atoms with Gasteiger partial charge in [0.1, 0.15) is 11.5 Å². The number of nitrogens with two attached hydrogens (primary N) is 1. The number of nitrogens with zero attached hydrogens (tertiary/aromatic N) is 3. The minimum atomic E-state index is -0.571. The molecule has 5 heteroatoms. The summed E-state index contributed by atoms with van der Waals surface area (Å²) in [5, 5.41) is 0. The predicted molar refractivity (Wildman–Crippen MR) is 73.8 cm³/mol. The van der Waals surface area contributed by atoms with E-state index < -0.39 is 5.91 Å². The number of carbonyl (C=O) groups excluding carboxylic acids is 1. The summed E-state index contributed by atoms with van der Waals surface area (Å²) < 4.78 is 0. The van der Waals surface area contributed by atoms with Gasteiger partial charge in [0, 0.05) is 13.6 Å². The molecule has 2 rings (SSSR count). The van der Waals surface area contributed by atoms with Crippen molar-refractivity contribution in [3.63, 3.8) is 0 Å². The molecule has 1 aromatic heterocycles. The molecule has 1 aromatic carbocycles. The molecule has 0 radical (unpaired) electrons. The third-order valence-electron chi connectivity index (χ3n) is 2.81. The topological polar surface area (TPSA) is 72.1 Å². The maximum Gasteiger partial charge on any atom is 0.268 e. The van der Waals surface area contributed by atoms with Crippen molar-refractivity contribution < 1.29 is 4.79 Å². The summed E-state index contributed by atoms with van der Waals surface area (Å²) in [6.07, 6.45) is 2.98. The number of hydrogen-bond donors (Lipinski definition) is 1. The van der Waals surface area contributed by atoms with Gasteiger partial charge < -0.3 is 10.6 Å². The SMILES string of the molecule is Cc1ccc(CN(C)c2cncc(C(N)=O)n2)cc1. The molecule has 19 heavy (non-hydrogen) atoms. The molecule has 2 N–H and O–H groups in total. The van der Waals surface area contributed by atoms with Crippen LogP contribution in [0.15, 0.2) is 36.7 Å². The summed E-state index contributed by atoms with van der Waals surface area (Å²) in [7, 11) is 1.90. The van der Waals surface area contributed by atoms with E-state index in [0.717, 1.165) is 0 Å². The minimum Gasteiger partial charge on any atom is -0.364 e. The first-order valence-corrected chi connectivity index (χ1v) is 5.95. The van der Waals surface area contributed by atoms with Crippen molar-refractivity contribution in [3.05, 3.63) is 53.5 Å². The van der Waals surface area contributed by atoms with E-state index in [1.165, 1.54) is 17.3 Å². The molecule has 2 aromatic rings. The molecule has 0 aliphatic rings. The van der Waals surface area contributed by atoms with Crippen molar-refractivity contribution >= 4 is 11.7 Å². The molecule has 0 saturated heterocycles. The Morgan fingerprint density at radius 2 is 1.95 bits per heavy atom. The number of hydrogen-bond acceptors (Lipinski definition) is 4. The first kappa shape index (κ1) is 13.0. The maximum absolute atomic E-state index is 11.1. The zero-order valence-electron chi connectivity index (χ0n) is 11.0. The highest BCUT2D eigenvalue weighted by Crippen LogP contribution is 2.12. The Bertz CT molecular complexity index is 580. The van der Waals surface area contributed by atoms with E-state index in [4.69, 9.17) is 5.73 Å². The highest BCUT2D eigenvalue weighted by atomic mass is 16.1. The van der Waals surface area contributed by atoms with Crippen LogP contribution < -0.4 is 10.6 Å². The maximum atomic E-state index is 11.1. The second kappa shape index (κ2) is 5.48. The van der Waals surface area contributed by atoms with E-state index in [9.17, 15) is 4.79 Å². The fourth-order valence-electron chi connectivity index (χ4n) is 1.71. The van der Waals surface area contributed by atoms with E-state index in [1.807, 2.05) is 11.9 Å². The Kier molecular flexibility index (Phi) is 3.75. The number of aryl methyl sites for hydroxylation is 1. The summed E-state index contributed by atoms with van der Waals surface area (Å²) in [6, 6.07) is 8.26. The zero-order valence-corrected chi connectivity index (χ0v) is 11.0. The van der Waals surface area contributed by atoms with Gasteiger partial charge in [-0.2, -0.15) is 0 Å². The van der Waals surface area contributed by atoms with Gasteiger partial charge in [-0.15, -0.1) is 0 Å². The van der Waals surface area contributed by atoms with Crippen LogP contribution in [0.25, 0.3) is 0 Å². The molecule has 1 amide bonds. The largest absolute Gasteiger partial charge is 0.364 e. The van der Waals surface area contributed by atoms with Crippen molar-refractivity contribution in [2.75, 3.05) is 11.9 Å². The quantitative estimate of drug-likeness (QED) is 0.900. The first-order valence-electron chi connectivity index (χ1n) is 5.95. The third-order valence-corrected chi connectivity index (χ3v) is 2.81. The molecule has 0 saturated carbocycles. The van der Waals surface area contributed by atoms with Crippen LogP contribution in [0.1, 0.15) is 21.6 Å². The van der Waals surface area contributed by atoms with Gasteiger partial charge >= 0.3 is 0 Å². The van der Waals surface area contributed by atoms with Crippen LogP contribution in [-0.4, -0.2) is 22.9 Å². The van der Waals surface area contributed by atoms with E-state index in [2.05, 4.69) is 41.2 Å². The number of carbonyl (C=O) groups is 1. The Hall–Kier alpha value is -2.43. The monoisotopic (exact) mass is 256 g/mol. The molecule has 0 aliphatic carbocycles. The molecule has 5 nitrogen and oxygen atoms in total. The smallest absolute Gasteiger partial charge is 0.268 e. The molecule has 1 heterocycles. The second-order valence-corrected chi connectivity index (χ2v) is 4.47. The predicted octanol–water partition coefficient (Wildman–Crippen LogP) is 1.52. The summed E-state index contributed by atoms with van der Waals surface area (Å²) >= 11 is 0. The summed E-state index contributed by atoms with van der Waals surface area (Å²) in [5.74, 6) is 0.0509. The van der Waals surface area contributed by atoms with Crippen LogP contribution in [0.3, 0.4) is 0 Å². The van der Waals surface area contributed by atoms with E-state index in [1.54, 1.807) is 6.20 Å². The summed E-state index contributed by atoms with van der Waals surface area (Å²) in [6.45, 7) is 2.74. The van der Waals surface area contributed by atoms with Gasteiger partial charge in [-0.3, -0.25) is 9.78 Å². The lowest BCUT2D eigenvalue weighted by Crippen LogP contribution is -2.20. The van der Waals surface area contributed by atoms with Crippen LogP contribution in [-0.2, 0) is 6.54 Å². The van der Waals surface area contributed by atoms with Crippen molar-refractivity contribution in [2.24, 2.45) is 5.73 Å². The van der Waals surface area contributed by atoms with Gasteiger partial charge in [-0.1, -0.05) is 29.8 Å². The van der Waals surface area contributed by atoms with Gasteiger partial charge in [0.05, 0.1) is 12.4 Å². The molecule has 0 fully saturated rings. The average molecular weight is 256 g/mol. The molecule has 0 atom stereocenters.